The van der Waals surface area contributed by atoms with Gasteiger partial charge in [-0.25, -0.2) is 0 Å². The lowest BCUT2D eigenvalue weighted by Crippen LogP contribution is -2.53. The summed E-state index contributed by atoms with van der Waals surface area (Å²) in [6.07, 6.45) is 1.19. The van der Waals surface area contributed by atoms with Crippen LogP contribution in [0.25, 0.3) is 10.9 Å². The molecule has 0 unspecified atom stereocenters. The highest BCUT2D eigenvalue weighted by molar-refractivity contribution is 5.84. The van der Waals surface area contributed by atoms with Gasteiger partial charge in [0.25, 0.3) is 0 Å². The third-order valence-corrected chi connectivity index (χ3v) is 4.18. The number of benzene rings is 1. The molecule has 1 saturated heterocycles. The molecule has 0 radical (unpaired) electrons. The summed E-state index contributed by atoms with van der Waals surface area (Å²) in [4.78, 5) is 6.19. The van der Waals surface area contributed by atoms with Gasteiger partial charge in [0.15, 0.2) is 0 Å². The molecule has 3 heteroatoms. The van der Waals surface area contributed by atoms with Crippen LogP contribution in [0, 0.1) is 0 Å². The molecule has 88 valence electrons. The van der Waals surface area contributed by atoms with Crippen LogP contribution >= 0.6 is 0 Å². The van der Waals surface area contributed by atoms with Crippen molar-refractivity contribution in [3.8, 4) is 0 Å². The fraction of sp³-hybridized carbons (Fsp3) is 0.429. The smallest absolute Gasteiger partial charge is 0.0459 e. The average Bonchev–Trinajstić information content (AvgIpc) is 2.73. The van der Waals surface area contributed by atoms with E-state index in [1.807, 2.05) is 0 Å². The number of para-hydroxylation sites is 1. The largest absolute Gasteiger partial charge is 0.357 e. The summed E-state index contributed by atoms with van der Waals surface area (Å²) in [5.41, 5.74) is 4.28. The molecule has 0 aliphatic carbocycles. The zero-order valence-electron chi connectivity index (χ0n) is 9.87. The van der Waals surface area contributed by atoms with Crippen LogP contribution in [-0.4, -0.2) is 35.6 Å². The molecule has 0 bridgehead atoms. The number of aromatic nitrogens is 1. The van der Waals surface area contributed by atoms with Crippen molar-refractivity contribution >= 4 is 10.9 Å². The highest BCUT2D eigenvalue weighted by atomic mass is 15.2. The van der Waals surface area contributed by atoms with Gasteiger partial charge < -0.3 is 10.3 Å². The molecule has 17 heavy (non-hydrogen) atoms. The Kier molecular flexibility index (Phi) is 2.04. The number of fused-ring (bicyclic) bond motifs is 4. The van der Waals surface area contributed by atoms with Crippen molar-refractivity contribution < 1.29 is 0 Å². The molecular formula is C14H17N3. The second-order valence-corrected chi connectivity index (χ2v) is 5.16. The number of aromatic amines is 1. The van der Waals surface area contributed by atoms with Gasteiger partial charge in [-0.15, -0.1) is 0 Å². The van der Waals surface area contributed by atoms with Crippen LogP contribution < -0.4 is 5.32 Å². The van der Waals surface area contributed by atoms with Crippen molar-refractivity contribution in [1.82, 2.24) is 15.2 Å². The van der Waals surface area contributed by atoms with Crippen molar-refractivity contribution in [2.24, 2.45) is 0 Å². The minimum absolute atomic E-state index is 0.690. The molecule has 1 fully saturated rings. The number of hydrogen-bond acceptors (Lipinski definition) is 2. The lowest BCUT2D eigenvalue weighted by atomic mass is 9.95. The van der Waals surface area contributed by atoms with Gasteiger partial charge in [-0.2, -0.15) is 0 Å². The molecule has 2 aromatic rings. The monoisotopic (exact) mass is 227 g/mol. The highest BCUT2D eigenvalue weighted by Crippen LogP contribution is 2.30. The first-order chi connectivity index (χ1) is 8.42. The van der Waals surface area contributed by atoms with Gasteiger partial charge in [-0.1, -0.05) is 18.2 Å². The van der Waals surface area contributed by atoms with Gasteiger partial charge >= 0.3 is 0 Å². The first-order valence-corrected chi connectivity index (χ1v) is 6.45. The topological polar surface area (TPSA) is 31.1 Å². The van der Waals surface area contributed by atoms with Crippen LogP contribution in [0.15, 0.2) is 24.3 Å². The Bertz CT molecular complexity index is 558. The third kappa shape index (κ3) is 1.43. The molecular weight excluding hydrogens is 210 g/mol. The molecule has 4 rings (SSSR count). The van der Waals surface area contributed by atoms with E-state index in [0.717, 1.165) is 19.6 Å². The lowest BCUT2D eigenvalue weighted by Gasteiger charge is -2.39. The molecule has 1 aromatic carbocycles. The first-order valence-electron chi connectivity index (χ1n) is 6.45. The summed E-state index contributed by atoms with van der Waals surface area (Å²) in [5.74, 6) is 0. The molecule has 1 atom stereocenters. The fourth-order valence-corrected chi connectivity index (χ4v) is 3.28. The number of H-pyrrole nitrogens is 1. The van der Waals surface area contributed by atoms with Crippen molar-refractivity contribution in [2.45, 2.75) is 19.0 Å². The van der Waals surface area contributed by atoms with E-state index >= 15 is 0 Å². The standard InChI is InChI=1S/C14H17N3/c1-2-4-13-11(3-1)12-7-10-8-15-5-6-17(10)9-14(12)16-13/h1-4,10,15-16H,5-9H2/t10-/m1/s1. The zero-order valence-corrected chi connectivity index (χ0v) is 9.87. The van der Waals surface area contributed by atoms with Crippen LogP contribution in [0.2, 0.25) is 0 Å². The quantitative estimate of drug-likeness (QED) is 0.714. The van der Waals surface area contributed by atoms with Crippen molar-refractivity contribution in [3.63, 3.8) is 0 Å². The predicted molar refractivity (Wildman–Crippen MR) is 69.1 cm³/mol. The molecule has 0 amide bonds. The number of nitrogens with zero attached hydrogens (tertiary/aromatic N) is 1. The molecule has 3 heterocycles. The average molecular weight is 227 g/mol. The van der Waals surface area contributed by atoms with E-state index in [4.69, 9.17) is 0 Å². The molecule has 0 saturated carbocycles. The summed E-state index contributed by atoms with van der Waals surface area (Å²) >= 11 is 0. The van der Waals surface area contributed by atoms with E-state index in [0.29, 0.717) is 6.04 Å². The maximum absolute atomic E-state index is 3.59. The Hall–Kier alpha value is -1.32. The molecule has 2 aliphatic heterocycles. The van der Waals surface area contributed by atoms with Crippen LogP contribution in [-0.2, 0) is 13.0 Å². The van der Waals surface area contributed by atoms with Crippen molar-refractivity contribution in [1.29, 1.82) is 0 Å². The van der Waals surface area contributed by atoms with Crippen LogP contribution in [0.5, 0.6) is 0 Å². The zero-order chi connectivity index (χ0) is 11.2. The Morgan fingerprint density at radius 1 is 1.24 bits per heavy atom. The van der Waals surface area contributed by atoms with E-state index in [1.165, 1.54) is 29.6 Å². The normalized spacial score (nSPS) is 24.6. The third-order valence-electron chi connectivity index (χ3n) is 4.18. The molecule has 1 aromatic heterocycles. The number of hydrogen-bond donors (Lipinski definition) is 2. The van der Waals surface area contributed by atoms with E-state index in [-0.39, 0.29) is 0 Å². The van der Waals surface area contributed by atoms with Crippen LogP contribution in [0.3, 0.4) is 0 Å². The number of piperazine rings is 1. The fourth-order valence-electron chi connectivity index (χ4n) is 3.28. The van der Waals surface area contributed by atoms with E-state index in [2.05, 4.69) is 39.5 Å². The van der Waals surface area contributed by atoms with Gasteiger partial charge in [0.1, 0.15) is 0 Å². The van der Waals surface area contributed by atoms with E-state index < -0.39 is 0 Å². The first kappa shape index (κ1) is 9.68. The second kappa shape index (κ2) is 3.59. The van der Waals surface area contributed by atoms with E-state index in [9.17, 15) is 0 Å². The molecule has 2 N–H and O–H groups in total. The number of nitrogens with one attached hydrogen (secondary N) is 2. The van der Waals surface area contributed by atoms with Gasteiger partial charge in [-0.05, 0) is 18.1 Å². The molecule has 2 aliphatic rings. The summed E-state index contributed by atoms with van der Waals surface area (Å²) in [6.45, 7) is 4.54. The predicted octanol–water partition coefficient (Wildman–Crippen LogP) is 1.50. The summed E-state index contributed by atoms with van der Waals surface area (Å²) in [7, 11) is 0. The maximum Gasteiger partial charge on any atom is 0.0459 e. The summed E-state index contributed by atoms with van der Waals surface area (Å²) < 4.78 is 0. The Morgan fingerprint density at radius 3 is 3.18 bits per heavy atom. The van der Waals surface area contributed by atoms with Gasteiger partial charge in [0, 0.05) is 48.8 Å². The van der Waals surface area contributed by atoms with Crippen LogP contribution in [0.1, 0.15) is 11.3 Å². The lowest BCUT2D eigenvalue weighted by molar-refractivity contribution is 0.139. The number of rotatable bonds is 0. The SMILES string of the molecule is c1ccc2c3c([nH]c2c1)CN1CCNC[C@H]1C3. The molecule has 3 nitrogen and oxygen atoms in total. The summed E-state index contributed by atoms with van der Waals surface area (Å²) in [5, 5.41) is 4.93. The van der Waals surface area contributed by atoms with Crippen LogP contribution in [0.4, 0.5) is 0 Å². The van der Waals surface area contributed by atoms with Gasteiger partial charge in [-0.3, -0.25) is 4.90 Å². The maximum atomic E-state index is 3.59. The van der Waals surface area contributed by atoms with Crippen molar-refractivity contribution in [2.75, 3.05) is 19.6 Å². The van der Waals surface area contributed by atoms with Crippen molar-refractivity contribution in [3.05, 3.63) is 35.5 Å². The summed E-state index contributed by atoms with van der Waals surface area (Å²) in [6, 6.07) is 9.37. The Labute approximate surface area is 101 Å². The highest BCUT2D eigenvalue weighted by Gasteiger charge is 2.30. The minimum Gasteiger partial charge on any atom is -0.357 e. The van der Waals surface area contributed by atoms with Gasteiger partial charge in [0.05, 0.1) is 0 Å². The Balaban J connectivity index is 1.83. The second-order valence-electron chi connectivity index (χ2n) is 5.16. The minimum atomic E-state index is 0.690. The Morgan fingerprint density at radius 2 is 2.18 bits per heavy atom. The van der Waals surface area contributed by atoms with E-state index in [1.54, 1.807) is 5.56 Å². The van der Waals surface area contributed by atoms with Gasteiger partial charge in [0.2, 0.25) is 0 Å². The molecule has 0 spiro atoms.